The largest absolute Gasteiger partial charge is 0.504 e. The Labute approximate surface area is 196 Å². The lowest BCUT2D eigenvalue weighted by Crippen LogP contribution is -2.22. The number of carbonyl (C=O) groups is 1. The molecule has 5 aromatic rings. The normalized spacial score (nSPS) is 11.2. The summed E-state index contributed by atoms with van der Waals surface area (Å²) in [6.07, 6.45) is 0. The Morgan fingerprint density at radius 3 is 2.62 bits per heavy atom. The number of methoxy groups -OCH3 is 1. The topological polar surface area (TPSA) is 119 Å². The monoisotopic (exact) mass is 474 g/mol. The zero-order valence-corrected chi connectivity index (χ0v) is 18.7. The summed E-state index contributed by atoms with van der Waals surface area (Å²) in [7, 11) is 1.55. The summed E-state index contributed by atoms with van der Waals surface area (Å²) in [6, 6.07) is 18.1. The fourth-order valence-electron chi connectivity index (χ4n) is 3.66. The maximum atomic E-state index is 13.4. The van der Waals surface area contributed by atoms with Crippen LogP contribution in [0.1, 0.15) is 10.4 Å². The van der Waals surface area contributed by atoms with Crippen molar-refractivity contribution >= 4 is 34.2 Å². The van der Waals surface area contributed by atoms with E-state index in [1.165, 1.54) is 22.8 Å². The molecule has 0 amide bonds. The van der Waals surface area contributed by atoms with Crippen LogP contribution in [0.4, 0.5) is 0 Å². The van der Waals surface area contributed by atoms with Crippen LogP contribution < -0.4 is 10.3 Å². The number of ether oxygens (including phenoxy) is 1. The number of benzene rings is 3. The van der Waals surface area contributed by atoms with E-state index in [0.29, 0.717) is 33.3 Å². The van der Waals surface area contributed by atoms with Crippen molar-refractivity contribution in [3.05, 3.63) is 82.6 Å². The van der Waals surface area contributed by atoms with Gasteiger partial charge >= 0.3 is 0 Å². The number of carbonyl (C=O) groups excluding carboxylic acids is 1. The number of aromatic nitrogens is 4. The summed E-state index contributed by atoms with van der Waals surface area (Å²) in [6.45, 7) is 0. The lowest BCUT2D eigenvalue weighted by molar-refractivity contribution is 0.102. The molecule has 0 aliphatic carbocycles. The van der Waals surface area contributed by atoms with E-state index in [-0.39, 0.29) is 34.2 Å². The molecule has 5 rings (SSSR count). The average Bonchev–Trinajstić information content (AvgIpc) is 3.28. The van der Waals surface area contributed by atoms with Gasteiger partial charge in [-0.1, -0.05) is 30.0 Å². The number of phenols is 2. The first-order valence-corrected chi connectivity index (χ1v) is 11.2. The van der Waals surface area contributed by atoms with Crippen molar-refractivity contribution in [2.24, 2.45) is 0 Å². The van der Waals surface area contributed by atoms with Crippen molar-refractivity contribution in [3.8, 4) is 22.9 Å². The van der Waals surface area contributed by atoms with E-state index in [4.69, 9.17) is 4.74 Å². The molecule has 2 N–H and O–H groups in total. The number of aromatic hydroxyl groups is 2. The minimum absolute atomic E-state index is 0.0115. The van der Waals surface area contributed by atoms with Gasteiger partial charge in [-0.3, -0.25) is 14.0 Å². The molecule has 34 heavy (non-hydrogen) atoms. The van der Waals surface area contributed by atoms with Gasteiger partial charge < -0.3 is 14.9 Å². The highest BCUT2D eigenvalue weighted by molar-refractivity contribution is 7.99. The molecule has 0 bridgehead atoms. The number of nitrogens with zero attached hydrogens (tertiary/aromatic N) is 4. The summed E-state index contributed by atoms with van der Waals surface area (Å²) < 4.78 is 8.51. The van der Waals surface area contributed by atoms with Crippen LogP contribution in [0.5, 0.6) is 17.2 Å². The maximum absolute atomic E-state index is 13.4. The van der Waals surface area contributed by atoms with Crippen LogP contribution in [-0.2, 0) is 0 Å². The number of hydrogen-bond acceptors (Lipinski definition) is 8. The molecule has 0 saturated heterocycles. The van der Waals surface area contributed by atoms with E-state index >= 15 is 0 Å². The number of Topliss-reactive ketones (excluding diaryl/α,β-unsaturated/α-hetero) is 1. The molecule has 2 heterocycles. The van der Waals surface area contributed by atoms with Gasteiger partial charge in [-0.05, 0) is 42.5 Å². The molecule has 0 aliphatic heterocycles. The summed E-state index contributed by atoms with van der Waals surface area (Å²) in [5, 5.41) is 28.6. The van der Waals surface area contributed by atoms with Gasteiger partial charge in [-0.2, -0.15) is 0 Å². The molecule has 0 aliphatic rings. The highest BCUT2D eigenvalue weighted by Crippen LogP contribution is 2.28. The maximum Gasteiger partial charge on any atom is 0.267 e. The third-order valence-electron chi connectivity index (χ3n) is 5.34. The lowest BCUT2D eigenvalue weighted by atomic mass is 10.1. The first-order chi connectivity index (χ1) is 16.5. The molecular weight excluding hydrogens is 456 g/mol. The van der Waals surface area contributed by atoms with Crippen LogP contribution in [0, 0.1) is 0 Å². The first-order valence-electron chi connectivity index (χ1n) is 10.2. The molecule has 10 heteroatoms. The van der Waals surface area contributed by atoms with Crippen LogP contribution in [0.3, 0.4) is 0 Å². The van der Waals surface area contributed by atoms with E-state index in [0.717, 1.165) is 11.8 Å². The number of phenolic OH excluding ortho intramolecular Hbond substituents is 2. The van der Waals surface area contributed by atoms with Crippen LogP contribution in [0.2, 0.25) is 0 Å². The highest BCUT2D eigenvalue weighted by Gasteiger charge is 2.19. The Morgan fingerprint density at radius 2 is 1.82 bits per heavy atom. The van der Waals surface area contributed by atoms with Gasteiger partial charge in [0.05, 0.1) is 29.5 Å². The fourth-order valence-corrected chi connectivity index (χ4v) is 4.50. The molecule has 3 aromatic carbocycles. The van der Waals surface area contributed by atoms with Crippen molar-refractivity contribution < 1.29 is 19.7 Å². The molecule has 170 valence electrons. The van der Waals surface area contributed by atoms with Gasteiger partial charge in [0, 0.05) is 11.6 Å². The number of para-hydroxylation sites is 1. The Hall–Kier alpha value is -4.31. The Bertz CT molecular complexity index is 1630. The minimum atomic E-state index is -0.364. The Balaban J connectivity index is 1.62. The van der Waals surface area contributed by atoms with Gasteiger partial charge in [0.1, 0.15) is 5.75 Å². The number of fused-ring (bicyclic) bond motifs is 3. The van der Waals surface area contributed by atoms with E-state index in [1.807, 2.05) is 6.07 Å². The minimum Gasteiger partial charge on any atom is -0.504 e. The van der Waals surface area contributed by atoms with Crippen LogP contribution in [-0.4, -0.2) is 48.0 Å². The highest BCUT2D eigenvalue weighted by atomic mass is 32.2. The molecule has 0 spiro atoms. The summed E-state index contributed by atoms with van der Waals surface area (Å²) >= 11 is 1.16. The molecule has 0 fully saturated rings. The quantitative estimate of drug-likeness (QED) is 0.218. The molecule has 9 nitrogen and oxygen atoms in total. The SMILES string of the molecule is COc1cccc(-n2c(=O)c3ccccc3n3c(SCC(=O)c4ccc(O)c(O)c4)nnc23)c1. The second-order valence-electron chi connectivity index (χ2n) is 7.39. The van der Waals surface area contributed by atoms with Crippen LogP contribution in [0.25, 0.3) is 22.4 Å². The molecule has 0 atom stereocenters. The third-order valence-corrected chi connectivity index (χ3v) is 6.26. The zero-order valence-electron chi connectivity index (χ0n) is 17.9. The predicted molar refractivity (Wildman–Crippen MR) is 127 cm³/mol. The third kappa shape index (κ3) is 3.63. The van der Waals surface area contributed by atoms with Crippen molar-refractivity contribution in [1.29, 1.82) is 0 Å². The predicted octanol–water partition coefficient (Wildman–Crippen LogP) is 3.43. The van der Waals surface area contributed by atoms with Gasteiger partial charge in [-0.25, -0.2) is 4.57 Å². The summed E-state index contributed by atoms with van der Waals surface area (Å²) in [5.41, 5.74) is 1.19. The van der Waals surface area contributed by atoms with Gasteiger partial charge in [0.15, 0.2) is 22.4 Å². The summed E-state index contributed by atoms with van der Waals surface area (Å²) in [4.78, 5) is 26.1. The van der Waals surface area contributed by atoms with Gasteiger partial charge in [-0.15, -0.1) is 10.2 Å². The van der Waals surface area contributed by atoms with Gasteiger partial charge in [0.2, 0.25) is 5.78 Å². The van der Waals surface area contributed by atoms with Gasteiger partial charge in [0.25, 0.3) is 5.56 Å². The molecule has 0 radical (unpaired) electrons. The molecule has 2 aromatic heterocycles. The van der Waals surface area contributed by atoms with Crippen LogP contribution in [0.15, 0.2) is 76.7 Å². The molecule has 0 saturated carbocycles. The zero-order chi connectivity index (χ0) is 23.8. The van der Waals surface area contributed by atoms with E-state index in [9.17, 15) is 19.8 Å². The smallest absolute Gasteiger partial charge is 0.267 e. The lowest BCUT2D eigenvalue weighted by Gasteiger charge is -2.12. The molecular formula is C24H18N4O5S. The Kier molecular flexibility index (Phi) is 5.42. The number of thioether (sulfide) groups is 1. The van der Waals surface area contributed by atoms with Crippen LogP contribution >= 0.6 is 11.8 Å². The first kappa shape index (κ1) is 21.5. The number of hydrogen-bond donors (Lipinski definition) is 2. The number of rotatable bonds is 6. The molecule has 0 unspecified atom stereocenters. The van der Waals surface area contributed by atoms with Crippen molar-refractivity contribution in [1.82, 2.24) is 19.2 Å². The second kappa shape index (κ2) is 8.56. The fraction of sp³-hybridized carbons (Fsp3) is 0.0833. The van der Waals surface area contributed by atoms with E-state index in [2.05, 4.69) is 10.2 Å². The standard InChI is InChI=1S/C24H18N4O5S/c1-33-16-6-4-5-15(12-16)27-22(32)17-7-2-3-8-18(17)28-23(27)25-26-24(28)34-13-21(31)14-9-10-19(29)20(30)11-14/h2-12,29-30H,13H2,1H3. The second-order valence-corrected chi connectivity index (χ2v) is 8.34. The van der Waals surface area contributed by atoms with Crippen molar-refractivity contribution in [2.45, 2.75) is 5.16 Å². The number of ketones is 1. The Morgan fingerprint density at radius 1 is 1.00 bits per heavy atom. The average molecular weight is 474 g/mol. The van der Waals surface area contributed by atoms with Crippen molar-refractivity contribution in [3.63, 3.8) is 0 Å². The van der Waals surface area contributed by atoms with Crippen molar-refractivity contribution in [2.75, 3.05) is 12.9 Å². The summed E-state index contributed by atoms with van der Waals surface area (Å²) in [5.74, 6) is -0.0200. The van der Waals surface area contributed by atoms with E-state index < -0.39 is 0 Å². The van der Waals surface area contributed by atoms with E-state index in [1.54, 1.807) is 54.0 Å².